The van der Waals surface area contributed by atoms with Gasteiger partial charge in [0, 0.05) is 5.69 Å². The molecule has 0 saturated carbocycles. The Morgan fingerprint density at radius 1 is 0.880 bits per heavy atom. The molecule has 25 heavy (non-hydrogen) atoms. The predicted octanol–water partition coefficient (Wildman–Crippen LogP) is 3.89. The Hall–Kier alpha value is -2.08. The predicted molar refractivity (Wildman–Crippen MR) is 102 cm³/mol. The van der Waals surface area contributed by atoms with E-state index < -0.39 is 0 Å². The van der Waals surface area contributed by atoms with Crippen molar-refractivity contribution in [3.05, 3.63) is 58.6 Å². The third-order valence-electron chi connectivity index (χ3n) is 3.47. The first-order valence-corrected chi connectivity index (χ1v) is 8.56. The molecule has 2 N–H and O–H groups in total. The third kappa shape index (κ3) is 6.05. The third-order valence-corrected chi connectivity index (χ3v) is 4.10. The van der Waals surface area contributed by atoms with Gasteiger partial charge in [0.1, 0.15) is 0 Å². The fraction of sp³-hybridized carbons (Fsp3) is 0.222. The van der Waals surface area contributed by atoms with E-state index in [0.29, 0.717) is 22.3 Å². The second kappa shape index (κ2) is 9.42. The van der Waals surface area contributed by atoms with Crippen molar-refractivity contribution in [2.45, 2.75) is 6.92 Å². The lowest BCUT2D eigenvalue weighted by Gasteiger charge is -2.19. The Labute approximate surface area is 156 Å². The van der Waals surface area contributed by atoms with E-state index in [1.165, 1.54) is 0 Å². The van der Waals surface area contributed by atoms with Crippen LogP contribution in [0, 0.1) is 0 Å². The molecule has 0 aliphatic heterocycles. The van der Waals surface area contributed by atoms with E-state index in [1.54, 1.807) is 35.2 Å². The number of benzene rings is 2. The number of amides is 2. The second-order valence-electron chi connectivity index (χ2n) is 5.36. The molecule has 132 valence electrons. The van der Waals surface area contributed by atoms with Gasteiger partial charge in [-0.2, -0.15) is 0 Å². The number of nitrogens with zero attached hydrogens (tertiary/aromatic N) is 1. The van der Waals surface area contributed by atoms with E-state index >= 15 is 0 Å². The number of anilines is 2. The Kier molecular flexibility index (Phi) is 7.25. The molecule has 0 aliphatic carbocycles. The van der Waals surface area contributed by atoms with E-state index in [2.05, 4.69) is 10.6 Å². The number of halogens is 2. The van der Waals surface area contributed by atoms with Crippen LogP contribution in [0.2, 0.25) is 10.0 Å². The molecule has 0 bridgehead atoms. The van der Waals surface area contributed by atoms with Crippen molar-refractivity contribution in [3.63, 3.8) is 0 Å². The number of likely N-dealkylation sites (N-methyl/N-ethyl adjacent to an activating group) is 1. The van der Waals surface area contributed by atoms with Crippen molar-refractivity contribution in [1.29, 1.82) is 0 Å². The van der Waals surface area contributed by atoms with Crippen LogP contribution in [0.25, 0.3) is 0 Å². The van der Waals surface area contributed by atoms with Gasteiger partial charge >= 0.3 is 0 Å². The maximum Gasteiger partial charge on any atom is 0.238 e. The summed E-state index contributed by atoms with van der Waals surface area (Å²) in [6, 6.07) is 14.2. The van der Waals surface area contributed by atoms with E-state index in [1.807, 2.05) is 25.1 Å². The summed E-state index contributed by atoms with van der Waals surface area (Å²) in [7, 11) is 0. The Morgan fingerprint density at radius 3 is 2.00 bits per heavy atom. The zero-order valence-electron chi connectivity index (χ0n) is 13.8. The highest BCUT2D eigenvalue weighted by atomic mass is 35.5. The van der Waals surface area contributed by atoms with Gasteiger partial charge in [-0.15, -0.1) is 0 Å². The van der Waals surface area contributed by atoms with Crippen LogP contribution in [-0.2, 0) is 9.59 Å². The molecular formula is C18H19Cl2N3O2. The number of nitrogens with one attached hydrogen (secondary N) is 2. The van der Waals surface area contributed by atoms with Crippen molar-refractivity contribution in [2.24, 2.45) is 0 Å². The summed E-state index contributed by atoms with van der Waals surface area (Å²) in [5, 5.41) is 6.22. The molecule has 0 spiro atoms. The van der Waals surface area contributed by atoms with Crippen LogP contribution in [0.5, 0.6) is 0 Å². The zero-order valence-corrected chi connectivity index (χ0v) is 15.3. The van der Waals surface area contributed by atoms with Crippen LogP contribution in [0.3, 0.4) is 0 Å². The fourth-order valence-corrected chi connectivity index (χ4v) is 2.70. The number of para-hydroxylation sites is 2. The van der Waals surface area contributed by atoms with E-state index in [9.17, 15) is 9.59 Å². The first-order chi connectivity index (χ1) is 12.0. The minimum absolute atomic E-state index is 0.0558. The molecule has 0 saturated heterocycles. The topological polar surface area (TPSA) is 61.4 Å². The molecule has 0 aromatic heterocycles. The summed E-state index contributed by atoms with van der Waals surface area (Å²) < 4.78 is 0. The van der Waals surface area contributed by atoms with Gasteiger partial charge in [-0.3, -0.25) is 14.5 Å². The molecule has 2 amide bonds. The average Bonchev–Trinajstić information content (AvgIpc) is 2.58. The number of hydrogen-bond donors (Lipinski definition) is 2. The lowest BCUT2D eigenvalue weighted by atomic mass is 10.3. The lowest BCUT2D eigenvalue weighted by Crippen LogP contribution is -2.38. The van der Waals surface area contributed by atoms with Gasteiger partial charge in [0.05, 0.1) is 28.8 Å². The fourth-order valence-electron chi connectivity index (χ4n) is 2.20. The van der Waals surface area contributed by atoms with Gasteiger partial charge in [-0.1, -0.05) is 54.4 Å². The van der Waals surface area contributed by atoms with Crippen molar-refractivity contribution in [2.75, 3.05) is 30.3 Å². The van der Waals surface area contributed by atoms with Crippen molar-refractivity contribution >= 4 is 46.4 Å². The second-order valence-corrected chi connectivity index (χ2v) is 6.18. The average molecular weight is 380 g/mol. The highest BCUT2D eigenvalue weighted by Gasteiger charge is 2.15. The minimum atomic E-state index is -0.288. The Morgan fingerprint density at radius 2 is 1.44 bits per heavy atom. The lowest BCUT2D eigenvalue weighted by molar-refractivity contribution is -0.119. The molecule has 2 aromatic carbocycles. The van der Waals surface area contributed by atoms with E-state index in [0.717, 1.165) is 5.69 Å². The van der Waals surface area contributed by atoms with Gasteiger partial charge in [0.15, 0.2) is 0 Å². The maximum absolute atomic E-state index is 12.2. The largest absolute Gasteiger partial charge is 0.325 e. The molecule has 0 atom stereocenters. The molecule has 0 radical (unpaired) electrons. The number of carbonyl (C=O) groups excluding carboxylic acids is 2. The summed E-state index contributed by atoms with van der Waals surface area (Å²) in [6.45, 7) is 2.59. The SMILES string of the molecule is CCN(CC(=O)Nc1ccccc1)CC(=O)Nc1c(Cl)cccc1Cl. The molecule has 0 aliphatic rings. The maximum atomic E-state index is 12.2. The smallest absolute Gasteiger partial charge is 0.238 e. The van der Waals surface area contributed by atoms with Crippen molar-refractivity contribution in [1.82, 2.24) is 4.90 Å². The molecule has 5 nitrogen and oxygen atoms in total. The Balaban J connectivity index is 1.90. The van der Waals surface area contributed by atoms with Crippen LogP contribution in [-0.4, -0.2) is 36.3 Å². The van der Waals surface area contributed by atoms with Crippen LogP contribution < -0.4 is 10.6 Å². The number of hydrogen-bond acceptors (Lipinski definition) is 3. The van der Waals surface area contributed by atoms with E-state index in [-0.39, 0.29) is 24.9 Å². The summed E-state index contributed by atoms with van der Waals surface area (Å²) >= 11 is 12.1. The summed E-state index contributed by atoms with van der Waals surface area (Å²) in [5.74, 6) is -0.471. The molecule has 2 rings (SSSR count). The molecule has 0 fully saturated rings. The number of rotatable bonds is 7. The molecule has 0 heterocycles. The van der Waals surface area contributed by atoms with Gasteiger partial charge in [0.25, 0.3) is 0 Å². The molecule has 0 unspecified atom stereocenters. The monoisotopic (exact) mass is 379 g/mol. The van der Waals surface area contributed by atoms with Crippen LogP contribution >= 0.6 is 23.2 Å². The summed E-state index contributed by atoms with van der Waals surface area (Å²) in [5.41, 5.74) is 1.09. The first kappa shape index (κ1) is 19.2. The summed E-state index contributed by atoms with van der Waals surface area (Å²) in [6.07, 6.45) is 0. The van der Waals surface area contributed by atoms with Crippen LogP contribution in [0.4, 0.5) is 11.4 Å². The normalized spacial score (nSPS) is 10.6. The minimum Gasteiger partial charge on any atom is -0.325 e. The van der Waals surface area contributed by atoms with Crippen molar-refractivity contribution in [3.8, 4) is 0 Å². The highest BCUT2D eigenvalue weighted by Crippen LogP contribution is 2.29. The highest BCUT2D eigenvalue weighted by molar-refractivity contribution is 6.39. The van der Waals surface area contributed by atoms with Gasteiger partial charge < -0.3 is 10.6 Å². The van der Waals surface area contributed by atoms with Crippen LogP contribution in [0.1, 0.15) is 6.92 Å². The number of carbonyl (C=O) groups is 2. The zero-order chi connectivity index (χ0) is 18.2. The Bertz CT molecular complexity index is 718. The first-order valence-electron chi connectivity index (χ1n) is 7.80. The summed E-state index contributed by atoms with van der Waals surface area (Å²) in [4.78, 5) is 26.0. The molecular weight excluding hydrogens is 361 g/mol. The van der Waals surface area contributed by atoms with Gasteiger partial charge in [-0.25, -0.2) is 0 Å². The quantitative estimate of drug-likeness (QED) is 0.766. The molecule has 2 aromatic rings. The van der Waals surface area contributed by atoms with Gasteiger partial charge in [0.2, 0.25) is 11.8 Å². The standard InChI is InChI=1S/C18H19Cl2N3O2/c1-2-23(11-16(24)21-13-7-4-3-5-8-13)12-17(25)22-18-14(19)9-6-10-15(18)20/h3-10H,2,11-12H2,1H3,(H,21,24)(H,22,25). The van der Waals surface area contributed by atoms with Crippen LogP contribution in [0.15, 0.2) is 48.5 Å². The molecule has 7 heteroatoms. The van der Waals surface area contributed by atoms with Gasteiger partial charge in [-0.05, 0) is 30.8 Å². The van der Waals surface area contributed by atoms with Crippen molar-refractivity contribution < 1.29 is 9.59 Å². The van der Waals surface area contributed by atoms with E-state index in [4.69, 9.17) is 23.2 Å².